The zero-order chi connectivity index (χ0) is 13.7. The molecule has 1 rings (SSSR count). The van der Waals surface area contributed by atoms with Gasteiger partial charge in [0.05, 0.1) is 6.10 Å². The van der Waals surface area contributed by atoms with E-state index in [2.05, 4.69) is 5.32 Å². The van der Waals surface area contributed by atoms with Crippen molar-refractivity contribution in [1.29, 1.82) is 0 Å². The summed E-state index contributed by atoms with van der Waals surface area (Å²) in [4.78, 5) is 11.9. The van der Waals surface area contributed by atoms with Gasteiger partial charge in [0.25, 0.3) is 5.91 Å². The van der Waals surface area contributed by atoms with E-state index >= 15 is 0 Å². The van der Waals surface area contributed by atoms with Crippen LogP contribution in [0.5, 0.6) is 0 Å². The highest BCUT2D eigenvalue weighted by Gasteiger charge is 2.16. The topological polar surface area (TPSA) is 62.5 Å². The van der Waals surface area contributed by atoms with Crippen LogP contribution in [0.15, 0.2) is 10.5 Å². The van der Waals surface area contributed by atoms with Gasteiger partial charge in [0, 0.05) is 18.5 Å². The molecule has 1 unspecified atom stereocenters. The van der Waals surface area contributed by atoms with Crippen molar-refractivity contribution in [2.24, 2.45) is 5.92 Å². The highest BCUT2D eigenvalue weighted by Crippen LogP contribution is 2.15. The number of amides is 1. The molecule has 4 heteroatoms. The van der Waals surface area contributed by atoms with Crippen LogP contribution in [0.25, 0.3) is 0 Å². The standard InChI is InChI=1S/C14H23NO3/c1-5-12-7-10(4)13(18-12)14(17)15-8-11(16)6-9(2)3/h7,9,11,16H,5-6,8H2,1-4H3,(H,15,17). The molecule has 4 nitrogen and oxygen atoms in total. The number of hydrogen-bond acceptors (Lipinski definition) is 3. The Kier molecular flexibility index (Phi) is 5.41. The molecule has 0 aliphatic heterocycles. The van der Waals surface area contributed by atoms with Gasteiger partial charge in [-0.3, -0.25) is 4.79 Å². The molecule has 0 spiro atoms. The minimum atomic E-state index is -0.505. The third kappa shape index (κ3) is 4.18. The van der Waals surface area contributed by atoms with E-state index in [0.717, 1.165) is 17.7 Å². The van der Waals surface area contributed by atoms with E-state index in [1.165, 1.54) is 0 Å². The number of hydrogen-bond donors (Lipinski definition) is 2. The zero-order valence-corrected chi connectivity index (χ0v) is 11.6. The minimum absolute atomic E-state index is 0.255. The summed E-state index contributed by atoms with van der Waals surface area (Å²) in [6, 6.07) is 1.87. The van der Waals surface area contributed by atoms with Crippen molar-refractivity contribution >= 4 is 5.91 Å². The molecule has 1 heterocycles. The molecule has 102 valence electrons. The first kappa shape index (κ1) is 14.8. The van der Waals surface area contributed by atoms with Gasteiger partial charge in [-0.1, -0.05) is 20.8 Å². The summed E-state index contributed by atoms with van der Waals surface area (Å²) in [6.45, 7) is 8.16. The molecule has 0 aromatic carbocycles. The van der Waals surface area contributed by atoms with Gasteiger partial charge in [-0.2, -0.15) is 0 Å². The van der Waals surface area contributed by atoms with E-state index in [1.807, 2.05) is 33.8 Å². The molecule has 0 saturated carbocycles. The molecule has 0 radical (unpaired) electrons. The minimum Gasteiger partial charge on any atom is -0.456 e. The average molecular weight is 253 g/mol. The van der Waals surface area contributed by atoms with Gasteiger partial charge in [0.15, 0.2) is 5.76 Å². The molecule has 0 bridgehead atoms. The molecule has 0 fully saturated rings. The van der Waals surface area contributed by atoms with Gasteiger partial charge in [-0.15, -0.1) is 0 Å². The van der Waals surface area contributed by atoms with Crippen LogP contribution >= 0.6 is 0 Å². The number of aliphatic hydroxyl groups is 1. The molecule has 18 heavy (non-hydrogen) atoms. The lowest BCUT2D eigenvalue weighted by molar-refractivity contribution is 0.0871. The number of carbonyl (C=O) groups excluding carboxylic acids is 1. The van der Waals surface area contributed by atoms with Crippen molar-refractivity contribution < 1.29 is 14.3 Å². The first-order chi connectivity index (χ1) is 8.43. The van der Waals surface area contributed by atoms with Crippen molar-refractivity contribution in [3.8, 4) is 0 Å². The van der Waals surface area contributed by atoms with E-state index in [9.17, 15) is 9.90 Å². The Morgan fingerprint density at radius 1 is 1.50 bits per heavy atom. The van der Waals surface area contributed by atoms with Crippen molar-refractivity contribution in [2.45, 2.75) is 46.6 Å². The van der Waals surface area contributed by atoms with Crippen LogP contribution in [0, 0.1) is 12.8 Å². The van der Waals surface area contributed by atoms with Crippen molar-refractivity contribution in [3.63, 3.8) is 0 Å². The molecular formula is C14H23NO3. The van der Waals surface area contributed by atoms with Crippen LogP contribution < -0.4 is 5.32 Å². The van der Waals surface area contributed by atoms with E-state index in [1.54, 1.807) is 0 Å². The summed E-state index contributed by atoms with van der Waals surface area (Å²) in [6.07, 6.45) is 0.941. The maximum Gasteiger partial charge on any atom is 0.287 e. The van der Waals surface area contributed by atoms with Gasteiger partial charge < -0.3 is 14.8 Å². The average Bonchev–Trinajstić information content (AvgIpc) is 2.66. The first-order valence-electron chi connectivity index (χ1n) is 6.49. The fraction of sp³-hybridized carbons (Fsp3) is 0.643. The Morgan fingerprint density at radius 3 is 2.67 bits per heavy atom. The number of rotatable bonds is 6. The van der Waals surface area contributed by atoms with E-state index in [0.29, 0.717) is 18.1 Å². The Balaban J connectivity index is 2.52. The molecular weight excluding hydrogens is 230 g/mol. The summed E-state index contributed by atoms with van der Waals surface area (Å²) in [5, 5.41) is 12.4. The molecule has 1 atom stereocenters. The second-order valence-corrected chi connectivity index (χ2v) is 5.07. The molecule has 1 aromatic rings. The maximum atomic E-state index is 11.9. The predicted octanol–water partition coefficient (Wildman–Crippen LogP) is 2.29. The van der Waals surface area contributed by atoms with Gasteiger partial charge in [-0.05, 0) is 25.3 Å². The lowest BCUT2D eigenvalue weighted by atomic mass is 10.1. The fourth-order valence-electron chi connectivity index (χ4n) is 1.87. The van der Waals surface area contributed by atoms with Crippen molar-refractivity contribution in [2.75, 3.05) is 6.54 Å². The molecule has 0 aliphatic rings. The molecule has 2 N–H and O–H groups in total. The van der Waals surface area contributed by atoms with E-state index in [4.69, 9.17) is 4.42 Å². The van der Waals surface area contributed by atoms with Crippen LogP contribution in [-0.4, -0.2) is 23.7 Å². The SMILES string of the molecule is CCc1cc(C)c(C(=O)NCC(O)CC(C)C)o1. The van der Waals surface area contributed by atoms with Crippen LogP contribution in [0.3, 0.4) is 0 Å². The number of aliphatic hydroxyl groups excluding tert-OH is 1. The van der Waals surface area contributed by atoms with Gasteiger partial charge in [-0.25, -0.2) is 0 Å². The summed E-state index contributed by atoms with van der Waals surface area (Å²) < 4.78 is 5.45. The van der Waals surface area contributed by atoms with Gasteiger partial charge >= 0.3 is 0 Å². The van der Waals surface area contributed by atoms with Crippen LogP contribution in [-0.2, 0) is 6.42 Å². The molecule has 1 amide bonds. The lowest BCUT2D eigenvalue weighted by Gasteiger charge is -2.13. The Morgan fingerprint density at radius 2 is 2.17 bits per heavy atom. The van der Waals surface area contributed by atoms with Crippen molar-refractivity contribution in [1.82, 2.24) is 5.32 Å². The van der Waals surface area contributed by atoms with Crippen LogP contribution in [0.4, 0.5) is 0 Å². The monoisotopic (exact) mass is 253 g/mol. The highest BCUT2D eigenvalue weighted by atomic mass is 16.4. The molecule has 1 aromatic heterocycles. The second kappa shape index (κ2) is 6.59. The maximum absolute atomic E-state index is 11.9. The number of carbonyl (C=O) groups is 1. The number of nitrogens with one attached hydrogen (secondary N) is 1. The predicted molar refractivity (Wildman–Crippen MR) is 70.6 cm³/mol. The third-order valence-corrected chi connectivity index (χ3v) is 2.77. The molecule has 0 saturated heterocycles. The molecule has 0 aliphatic carbocycles. The summed E-state index contributed by atoms with van der Waals surface area (Å²) >= 11 is 0. The first-order valence-corrected chi connectivity index (χ1v) is 6.49. The summed E-state index contributed by atoms with van der Waals surface area (Å²) in [5.41, 5.74) is 0.836. The smallest absolute Gasteiger partial charge is 0.287 e. The number of furan rings is 1. The second-order valence-electron chi connectivity index (χ2n) is 5.07. The fourth-order valence-corrected chi connectivity index (χ4v) is 1.87. The normalized spacial score (nSPS) is 12.8. The summed E-state index contributed by atoms with van der Waals surface area (Å²) in [7, 11) is 0. The van der Waals surface area contributed by atoms with Crippen molar-refractivity contribution in [3.05, 3.63) is 23.2 Å². The largest absolute Gasteiger partial charge is 0.456 e. The Bertz CT molecular complexity index is 396. The number of aryl methyl sites for hydroxylation is 2. The van der Waals surface area contributed by atoms with E-state index in [-0.39, 0.29) is 12.5 Å². The Hall–Kier alpha value is -1.29. The highest BCUT2D eigenvalue weighted by molar-refractivity contribution is 5.92. The van der Waals surface area contributed by atoms with Crippen LogP contribution in [0.1, 0.15) is 49.1 Å². The quantitative estimate of drug-likeness (QED) is 0.817. The third-order valence-electron chi connectivity index (χ3n) is 2.77. The zero-order valence-electron chi connectivity index (χ0n) is 11.6. The lowest BCUT2D eigenvalue weighted by Crippen LogP contribution is -2.32. The Labute approximate surface area is 108 Å². The van der Waals surface area contributed by atoms with Gasteiger partial charge in [0.1, 0.15) is 5.76 Å². The van der Waals surface area contributed by atoms with E-state index < -0.39 is 6.10 Å². The summed E-state index contributed by atoms with van der Waals surface area (Å²) in [5.74, 6) is 1.31. The van der Waals surface area contributed by atoms with Crippen LogP contribution in [0.2, 0.25) is 0 Å². The van der Waals surface area contributed by atoms with Gasteiger partial charge in [0.2, 0.25) is 0 Å².